The number of imidazole rings is 1. The van der Waals surface area contributed by atoms with E-state index >= 15 is 0 Å². The van der Waals surface area contributed by atoms with Crippen LogP contribution < -0.4 is 0 Å². The monoisotopic (exact) mass is 316 g/mol. The van der Waals surface area contributed by atoms with E-state index < -0.39 is 0 Å². The predicted octanol–water partition coefficient (Wildman–Crippen LogP) is 1.69. The van der Waals surface area contributed by atoms with E-state index in [0.29, 0.717) is 12.6 Å². The van der Waals surface area contributed by atoms with Crippen LogP contribution in [-0.4, -0.2) is 49.1 Å². The third-order valence-corrected chi connectivity index (χ3v) is 4.86. The van der Waals surface area contributed by atoms with Gasteiger partial charge in [0.1, 0.15) is 5.82 Å². The number of nitrogens with zero attached hydrogens (tertiary/aromatic N) is 5. The summed E-state index contributed by atoms with van der Waals surface area (Å²) in [6.07, 6.45) is 8.48. The molecule has 0 unspecified atom stereocenters. The number of aromatic amines is 1. The summed E-state index contributed by atoms with van der Waals surface area (Å²) in [6, 6.07) is 0.333. The van der Waals surface area contributed by atoms with Crippen molar-refractivity contribution in [2.75, 3.05) is 13.1 Å². The van der Waals surface area contributed by atoms with Crippen LogP contribution in [0.1, 0.15) is 49.4 Å². The van der Waals surface area contributed by atoms with Crippen LogP contribution in [-0.2, 0) is 24.3 Å². The molecule has 2 aliphatic heterocycles. The van der Waals surface area contributed by atoms with Crippen LogP contribution >= 0.6 is 0 Å². The van der Waals surface area contributed by atoms with E-state index in [9.17, 15) is 0 Å². The van der Waals surface area contributed by atoms with Gasteiger partial charge in [-0.05, 0) is 12.8 Å². The molecule has 4 rings (SSSR count). The van der Waals surface area contributed by atoms with Gasteiger partial charge in [-0.15, -0.1) is 5.10 Å². The van der Waals surface area contributed by atoms with E-state index in [1.165, 1.54) is 18.5 Å². The Hall–Kier alpha value is -1.73. The van der Waals surface area contributed by atoms with Crippen LogP contribution in [0.15, 0.2) is 12.4 Å². The maximum atomic E-state index is 6.02. The lowest BCUT2D eigenvalue weighted by Crippen LogP contribution is -2.48. The normalized spacial score (nSPS) is 24.4. The zero-order valence-corrected chi connectivity index (χ0v) is 13.6. The summed E-state index contributed by atoms with van der Waals surface area (Å²) in [6.45, 7) is 5.72. The molecule has 1 N–H and O–H groups in total. The highest BCUT2D eigenvalue weighted by Crippen LogP contribution is 2.30. The van der Waals surface area contributed by atoms with E-state index in [0.717, 1.165) is 44.0 Å². The van der Waals surface area contributed by atoms with Crippen molar-refractivity contribution in [3.8, 4) is 0 Å². The molecule has 124 valence electrons. The molecule has 0 bridgehead atoms. The summed E-state index contributed by atoms with van der Waals surface area (Å²) in [5.74, 6) is 1.11. The van der Waals surface area contributed by atoms with Crippen molar-refractivity contribution in [2.45, 2.75) is 57.9 Å². The Kier molecular flexibility index (Phi) is 4.13. The van der Waals surface area contributed by atoms with E-state index in [4.69, 9.17) is 4.74 Å². The number of aromatic nitrogens is 5. The van der Waals surface area contributed by atoms with Crippen LogP contribution in [0.2, 0.25) is 0 Å². The highest BCUT2D eigenvalue weighted by molar-refractivity contribution is 5.04. The minimum atomic E-state index is 0.209. The van der Waals surface area contributed by atoms with E-state index in [2.05, 4.69) is 36.8 Å². The Labute approximate surface area is 136 Å². The number of aryl methyl sites for hydroxylation is 1. The van der Waals surface area contributed by atoms with Crippen LogP contribution in [0.4, 0.5) is 0 Å². The Balaban J connectivity index is 1.37. The lowest BCUT2D eigenvalue weighted by atomic mass is 10.00. The zero-order valence-electron chi connectivity index (χ0n) is 13.6. The smallest absolute Gasteiger partial charge is 0.106 e. The number of piperidine rings is 1. The molecule has 2 atom stereocenters. The van der Waals surface area contributed by atoms with Crippen molar-refractivity contribution >= 4 is 0 Å². The van der Waals surface area contributed by atoms with Crippen LogP contribution in [0.5, 0.6) is 0 Å². The molecule has 0 aliphatic carbocycles. The maximum Gasteiger partial charge on any atom is 0.106 e. The third-order valence-electron chi connectivity index (χ3n) is 4.86. The molecular formula is C16H24N6O. The summed E-state index contributed by atoms with van der Waals surface area (Å²) in [5.41, 5.74) is 2.29. The number of hydrogen-bond donors (Lipinski definition) is 1. The van der Waals surface area contributed by atoms with Gasteiger partial charge in [-0.25, -0.2) is 9.67 Å². The van der Waals surface area contributed by atoms with Crippen molar-refractivity contribution in [1.82, 2.24) is 29.9 Å². The Morgan fingerprint density at radius 2 is 2.35 bits per heavy atom. The Bertz CT molecular complexity index is 651. The third kappa shape index (κ3) is 3.03. The molecular weight excluding hydrogens is 292 g/mol. The van der Waals surface area contributed by atoms with E-state index in [1.54, 1.807) is 0 Å². The molecule has 1 fully saturated rings. The fourth-order valence-electron chi connectivity index (χ4n) is 3.59. The van der Waals surface area contributed by atoms with Gasteiger partial charge < -0.3 is 9.72 Å². The average molecular weight is 316 g/mol. The summed E-state index contributed by atoms with van der Waals surface area (Å²) < 4.78 is 8.08. The molecule has 1 saturated heterocycles. The average Bonchev–Trinajstić information content (AvgIpc) is 3.21. The number of hydrogen-bond acceptors (Lipinski definition) is 5. The van der Waals surface area contributed by atoms with Crippen molar-refractivity contribution in [3.05, 3.63) is 29.6 Å². The number of nitrogens with one attached hydrogen (secondary N) is 1. The number of fused-ring (bicyclic) bond motifs is 3. The van der Waals surface area contributed by atoms with Gasteiger partial charge in [0.15, 0.2) is 0 Å². The number of unbranched alkanes of at least 4 members (excludes halogenated alkanes) is 1. The second-order valence-electron chi connectivity index (χ2n) is 6.57. The van der Waals surface area contributed by atoms with Crippen molar-refractivity contribution in [2.24, 2.45) is 0 Å². The molecule has 0 amide bonds. The first-order valence-electron chi connectivity index (χ1n) is 8.59. The quantitative estimate of drug-likeness (QED) is 0.909. The molecule has 2 aliphatic rings. The maximum absolute atomic E-state index is 6.02. The van der Waals surface area contributed by atoms with Gasteiger partial charge in [0, 0.05) is 37.9 Å². The predicted molar refractivity (Wildman–Crippen MR) is 84.7 cm³/mol. The largest absolute Gasteiger partial charge is 0.368 e. The Morgan fingerprint density at radius 1 is 1.39 bits per heavy atom. The fraction of sp³-hybridized carbons (Fsp3) is 0.688. The molecule has 4 heterocycles. The molecule has 2 aromatic rings. The number of rotatable bonds is 5. The number of H-pyrrole nitrogens is 1. The zero-order chi connectivity index (χ0) is 15.6. The molecule has 7 heteroatoms. The minimum Gasteiger partial charge on any atom is -0.368 e. The first-order chi connectivity index (χ1) is 11.3. The van der Waals surface area contributed by atoms with Crippen molar-refractivity contribution in [3.63, 3.8) is 0 Å². The Morgan fingerprint density at radius 3 is 3.26 bits per heavy atom. The topological polar surface area (TPSA) is 71.9 Å². The van der Waals surface area contributed by atoms with Gasteiger partial charge in [0.25, 0.3) is 0 Å². The fourth-order valence-corrected chi connectivity index (χ4v) is 3.59. The lowest BCUT2D eigenvalue weighted by Gasteiger charge is -2.40. The number of likely N-dealkylation sites (tertiary alicyclic amines) is 1. The van der Waals surface area contributed by atoms with Crippen molar-refractivity contribution in [1.29, 1.82) is 0 Å². The van der Waals surface area contributed by atoms with Gasteiger partial charge >= 0.3 is 0 Å². The first kappa shape index (κ1) is 14.8. The standard InChI is InChI=1S/C16H24N6O/c1-2-3-4-16-17-7-12(19-16)9-21-6-5-14-15(10-21)23-11-13-8-18-20-22(13)14/h7-8,14-15H,2-6,9-11H2,1H3,(H,17,19)/t14-,15-/m0/s1. The molecule has 2 aromatic heterocycles. The molecule has 23 heavy (non-hydrogen) atoms. The van der Waals surface area contributed by atoms with Gasteiger partial charge in [0.05, 0.1) is 30.6 Å². The summed E-state index contributed by atoms with van der Waals surface area (Å²) in [4.78, 5) is 10.4. The van der Waals surface area contributed by atoms with Crippen molar-refractivity contribution < 1.29 is 4.74 Å². The van der Waals surface area contributed by atoms with Gasteiger partial charge in [-0.3, -0.25) is 4.90 Å². The second kappa shape index (κ2) is 6.41. The molecule has 7 nitrogen and oxygen atoms in total. The van der Waals surface area contributed by atoms with E-state index in [-0.39, 0.29) is 6.10 Å². The van der Waals surface area contributed by atoms with E-state index in [1.807, 2.05) is 12.4 Å². The summed E-state index contributed by atoms with van der Waals surface area (Å²) in [5, 5.41) is 8.25. The van der Waals surface area contributed by atoms with Gasteiger partial charge in [0.2, 0.25) is 0 Å². The molecule has 0 aromatic carbocycles. The lowest BCUT2D eigenvalue weighted by molar-refractivity contribution is -0.0706. The first-order valence-corrected chi connectivity index (χ1v) is 8.59. The van der Waals surface area contributed by atoms with Crippen LogP contribution in [0.25, 0.3) is 0 Å². The van der Waals surface area contributed by atoms with Crippen LogP contribution in [0.3, 0.4) is 0 Å². The molecule has 0 spiro atoms. The highest BCUT2D eigenvalue weighted by Gasteiger charge is 2.36. The minimum absolute atomic E-state index is 0.209. The molecule has 0 radical (unpaired) electrons. The second-order valence-corrected chi connectivity index (χ2v) is 6.57. The summed E-state index contributed by atoms with van der Waals surface area (Å²) in [7, 11) is 0. The SMILES string of the molecule is CCCCc1ncc(CN2CC[C@H]3[C@H](C2)OCc2cnnn23)[nH]1. The van der Waals surface area contributed by atoms with Gasteiger partial charge in [-0.2, -0.15) is 0 Å². The summed E-state index contributed by atoms with van der Waals surface area (Å²) >= 11 is 0. The van der Waals surface area contributed by atoms with Crippen LogP contribution in [0, 0.1) is 0 Å². The molecule has 0 saturated carbocycles. The van der Waals surface area contributed by atoms with Gasteiger partial charge in [-0.1, -0.05) is 18.6 Å². The number of ether oxygens (including phenoxy) is 1. The highest BCUT2D eigenvalue weighted by atomic mass is 16.5.